The summed E-state index contributed by atoms with van der Waals surface area (Å²) in [6.07, 6.45) is 3.73. The lowest BCUT2D eigenvalue weighted by Crippen LogP contribution is -2.24. The maximum Gasteiger partial charge on any atom is 0.292 e. The first-order valence-electron chi connectivity index (χ1n) is 7.27. The number of hydrogen-bond acceptors (Lipinski definition) is 4. The quantitative estimate of drug-likeness (QED) is 0.678. The topological polar surface area (TPSA) is 58.4 Å². The van der Waals surface area contributed by atoms with Gasteiger partial charge in [0.05, 0.1) is 4.92 Å². The monoisotopic (exact) mass is 277 g/mol. The Morgan fingerprint density at radius 2 is 2.20 bits per heavy atom. The Labute approximate surface area is 120 Å². The van der Waals surface area contributed by atoms with Gasteiger partial charge in [0.1, 0.15) is 5.69 Å². The molecule has 1 N–H and O–H groups in total. The van der Waals surface area contributed by atoms with Gasteiger partial charge in [-0.25, -0.2) is 0 Å². The summed E-state index contributed by atoms with van der Waals surface area (Å²) >= 11 is 0. The molecule has 1 saturated heterocycles. The molecule has 5 nitrogen and oxygen atoms in total. The van der Waals surface area contributed by atoms with Crippen LogP contribution in [0, 0.1) is 16.0 Å². The van der Waals surface area contributed by atoms with E-state index in [0.29, 0.717) is 5.69 Å². The fourth-order valence-electron chi connectivity index (χ4n) is 2.78. The second kappa shape index (κ2) is 6.70. The van der Waals surface area contributed by atoms with Gasteiger partial charge in [0.2, 0.25) is 0 Å². The first kappa shape index (κ1) is 14.8. The number of rotatable bonds is 4. The number of hydrogen-bond donors (Lipinski definition) is 1. The SMILES string of the molecule is CNc1ccc(CN2CCCC(C)CC2)cc1[N+](=O)[O-]. The summed E-state index contributed by atoms with van der Waals surface area (Å²) in [6, 6.07) is 5.47. The Morgan fingerprint density at radius 3 is 2.90 bits per heavy atom. The number of anilines is 1. The van der Waals surface area contributed by atoms with Crippen molar-refractivity contribution in [3.8, 4) is 0 Å². The number of nitro groups is 1. The molecule has 1 heterocycles. The van der Waals surface area contributed by atoms with E-state index in [1.165, 1.54) is 19.3 Å². The molecule has 0 bridgehead atoms. The molecule has 0 spiro atoms. The first-order chi connectivity index (χ1) is 9.60. The van der Waals surface area contributed by atoms with E-state index in [1.54, 1.807) is 19.2 Å². The molecule has 0 aliphatic carbocycles. The van der Waals surface area contributed by atoms with Crippen LogP contribution in [0.1, 0.15) is 31.7 Å². The average Bonchev–Trinajstić information content (AvgIpc) is 2.63. The molecule has 1 atom stereocenters. The third kappa shape index (κ3) is 3.70. The average molecular weight is 277 g/mol. The van der Waals surface area contributed by atoms with Crippen LogP contribution in [0.3, 0.4) is 0 Å². The van der Waals surface area contributed by atoms with Crippen molar-refractivity contribution in [2.75, 3.05) is 25.5 Å². The molecule has 1 aliphatic rings. The highest BCUT2D eigenvalue weighted by atomic mass is 16.6. The number of benzene rings is 1. The van der Waals surface area contributed by atoms with E-state index >= 15 is 0 Å². The highest BCUT2D eigenvalue weighted by Crippen LogP contribution is 2.26. The van der Waals surface area contributed by atoms with Gasteiger partial charge >= 0.3 is 0 Å². The van der Waals surface area contributed by atoms with Crippen LogP contribution in [0.4, 0.5) is 11.4 Å². The Balaban J connectivity index is 2.09. The van der Waals surface area contributed by atoms with Crippen LogP contribution in [0.5, 0.6) is 0 Å². The maximum absolute atomic E-state index is 11.1. The van der Waals surface area contributed by atoms with Gasteiger partial charge in [0.25, 0.3) is 5.69 Å². The molecule has 20 heavy (non-hydrogen) atoms. The summed E-state index contributed by atoms with van der Waals surface area (Å²) in [4.78, 5) is 13.2. The van der Waals surface area contributed by atoms with Gasteiger partial charge in [-0.15, -0.1) is 0 Å². The first-order valence-corrected chi connectivity index (χ1v) is 7.27. The van der Waals surface area contributed by atoms with Crippen molar-refractivity contribution in [1.82, 2.24) is 4.90 Å². The van der Waals surface area contributed by atoms with Crippen LogP contribution in [0.15, 0.2) is 18.2 Å². The van der Waals surface area contributed by atoms with Gasteiger partial charge in [-0.3, -0.25) is 15.0 Å². The van der Waals surface area contributed by atoms with E-state index in [1.807, 2.05) is 6.07 Å². The predicted molar refractivity (Wildman–Crippen MR) is 80.9 cm³/mol. The molecule has 1 aromatic rings. The molecular formula is C15H23N3O2. The molecule has 0 saturated carbocycles. The van der Waals surface area contributed by atoms with E-state index in [9.17, 15) is 10.1 Å². The molecule has 0 radical (unpaired) electrons. The Bertz CT molecular complexity index is 476. The molecule has 0 amide bonds. The van der Waals surface area contributed by atoms with Crippen molar-refractivity contribution in [3.63, 3.8) is 0 Å². The van der Waals surface area contributed by atoms with Crippen molar-refractivity contribution in [1.29, 1.82) is 0 Å². The third-order valence-corrected chi connectivity index (χ3v) is 4.04. The Morgan fingerprint density at radius 1 is 1.40 bits per heavy atom. The second-order valence-electron chi connectivity index (χ2n) is 5.67. The van der Waals surface area contributed by atoms with Gasteiger partial charge < -0.3 is 5.32 Å². The molecule has 0 aromatic heterocycles. The number of nitrogens with zero attached hydrogens (tertiary/aromatic N) is 2. The van der Waals surface area contributed by atoms with Gasteiger partial charge in [-0.2, -0.15) is 0 Å². The molecule has 1 fully saturated rings. The van der Waals surface area contributed by atoms with Crippen molar-refractivity contribution < 1.29 is 4.92 Å². The van der Waals surface area contributed by atoms with Crippen LogP contribution < -0.4 is 5.32 Å². The van der Waals surface area contributed by atoms with E-state index in [4.69, 9.17) is 0 Å². The van der Waals surface area contributed by atoms with Gasteiger partial charge in [0.15, 0.2) is 0 Å². The summed E-state index contributed by atoms with van der Waals surface area (Å²) in [5.41, 5.74) is 1.75. The van der Waals surface area contributed by atoms with Crippen molar-refractivity contribution in [3.05, 3.63) is 33.9 Å². The largest absolute Gasteiger partial charge is 0.383 e. The minimum Gasteiger partial charge on any atom is -0.383 e. The molecule has 1 aliphatic heterocycles. The van der Waals surface area contributed by atoms with Crippen molar-refractivity contribution in [2.45, 2.75) is 32.7 Å². The number of likely N-dealkylation sites (tertiary alicyclic amines) is 1. The third-order valence-electron chi connectivity index (χ3n) is 4.04. The van der Waals surface area contributed by atoms with E-state index < -0.39 is 0 Å². The molecule has 110 valence electrons. The zero-order chi connectivity index (χ0) is 14.5. The molecule has 5 heteroatoms. The molecule has 1 aromatic carbocycles. The second-order valence-corrected chi connectivity index (χ2v) is 5.67. The standard InChI is InChI=1S/C15H23N3O2/c1-12-4-3-8-17(9-7-12)11-13-5-6-14(16-2)15(10-13)18(19)20/h5-6,10,12,16H,3-4,7-9,11H2,1-2H3. The Kier molecular flexibility index (Phi) is 4.95. The summed E-state index contributed by atoms with van der Waals surface area (Å²) in [7, 11) is 1.71. The minimum absolute atomic E-state index is 0.160. The molecule has 1 unspecified atom stereocenters. The summed E-state index contributed by atoms with van der Waals surface area (Å²) in [5.74, 6) is 0.793. The Hall–Kier alpha value is -1.62. The maximum atomic E-state index is 11.1. The zero-order valence-electron chi connectivity index (χ0n) is 12.3. The minimum atomic E-state index is -0.320. The summed E-state index contributed by atoms with van der Waals surface area (Å²) in [6.45, 7) is 5.28. The summed E-state index contributed by atoms with van der Waals surface area (Å²) < 4.78 is 0. The highest BCUT2D eigenvalue weighted by Gasteiger charge is 2.17. The summed E-state index contributed by atoms with van der Waals surface area (Å²) in [5, 5.41) is 13.9. The lowest BCUT2D eigenvalue weighted by Gasteiger charge is -2.20. The lowest BCUT2D eigenvalue weighted by atomic mass is 10.0. The number of nitrogens with one attached hydrogen (secondary N) is 1. The van der Waals surface area contributed by atoms with Crippen LogP contribution in [0.25, 0.3) is 0 Å². The van der Waals surface area contributed by atoms with Crippen LogP contribution >= 0.6 is 0 Å². The fourth-order valence-corrected chi connectivity index (χ4v) is 2.78. The smallest absolute Gasteiger partial charge is 0.292 e. The van der Waals surface area contributed by atoms with E-state index in [-0.39, 0.29) is 10.6 Å². The van der Waals surface area contributed by atoms with Gasteiger partial charge in [-0.05, 0) is 49.9 Å². The van der Waals surface area contributed by atoms with Crippen LogP contribution in [0.2, 0.25) is 0 Å². The van der Waals surface area contributed by atoms with E-state index in [2.05, 4.69) is 17.1 Å². The zero-order valence-corrected chi connectivity index (χ0v) is 12.3. The fraction of sp³-hybridized carbons (Fsp3) is 0.600. The van der Waals surface area contributed by atoms with Gasteiger partial charge in [-0.1, -0.05) is 13.0 Å². The van der Waals surface area contributed by atoms with Crippen LogP contribution in [-0.4, -0.2) is 30.0 Å². The number of nitro benzene ring substituents is 1. The predicted octanol–water partition coefficient (Wildman–Crippen LogP) is 3.26. The van der Waals surface area contributed by atoms with Gasteiger partial charge in [0, 0.05) is 19.7 Å². The van der Waals surface area contributed by atoms with Crippen molar-refractivity contribution in [2.24, 2.45) is 5.92 Å². The lowest BCUT2D eigenvalue weighted by molar-refractivity contribution is -0.384. The van der Waals surface area contributed by atoms with Crippen LogP contribution in [-0.2, 0) is 6.54 Å². The van der Waals surface area contributed by atoms with E-state index in [0.717, 1.165) is 31.1 Å². The molecular weight excluding hydrogens is 254 g/mol. The highest BCUT2D eigenvalue weighted by molar-refractivity contribution is 5.62. The van der Waals surface area contributed by atoms with Crippen molar-refractivity contribution >= 4 is 11.4 Å². The normalized spacial score (nSPS) is 20.4. The molecule has 2 rings (SSSR count).